The maximum atomic E-state index is 5.52. The van der Waals surface area contributed by atoms with E-state index in [2.05, 4.69) is 31.2 Å². The number of thioether (sulfide) groups is 1. The Bertz CT molecular complexity index is 389. The van der Waals surface area contributed by atoms with Gasteiger partial charge in [0.05, 0.1) is 6.61 Å². The van der Waals surface area contributed by atoms with Crippen molar-refractivity contribution in [1.82, 2.24) is 5.06 Å². The van der Waals surface area contributed by atoms with E-state index in [-0.39, 0.29) is 0 Å². The molecule has 0 bridgehead atoms. The lowest BCUT2D eigenvalue weighted by molar-refractivity contribution is -0.118. The molecular formula is C13H17NOS2. The number of benzene rings is 1. The molecule has 0 atom stereocenters. The predicted octanol–water partition coefficient (Wildman–Crippen LogP) is 3.54. The lowest BCUT2D eigenvalue weighted by Gasteiger charge is -2.27. The molecule has 1 fully saturated rings. The van der Waals surface area contributed by atoms with Crippen LogP contribution < -0.4 is 0 Å². The number of hydrogen-bond acceptors (Lipinski definition) is 3. The maximum absolute atomic E-state index is 5.52. The fraction of sp³-hybridized carbons (Fsp3) is 0.462. The summed E-state index contributed by atoms with van der Waals surface area (Å²) in [7, 11) is 0. The van der Waals surface area contributed by atoms with Crippen molar-refractivity contribution >= 4 is 28.3 Å². The molecule has 0 N–H and O–H groups in total. The molecule has 4 heteroatoms. The number of hydrogen-bond donors (Lipinski definition) is 0. The summed E-state index contributed by atoms with van der Waals surface area (Å²) in [5, 5.41) is 1.86. The summed E-state index contributed by atoms with van der Waals surface area (Å²) in [6.45, 7) is 3.84. The van der Waals surface area contributed by atoms with Crippen LogP contribution in [0.15, 0.2) is 24.3 Å². The molecule has 0 aliphatic carbocycles. The van der Waals surface area contributed by atoms with E-state index in [0.717, 1.165) is 29.6 Å². The first-order chi connectivity index (χ1) is 8.25. The molecule has 1 aliphatic rings. The van der Waals surface area contributed by atoms with Gasteiger partial charge in [0.25, 0.3) is 0 Å². The molecule has 1 aliphatic heterocycles. The molecule has 0 radical (unpaired) electrons. The summed E-state index contributed by atoms with van der Waals surface area (Å²) >= 11 is 7.05. The van der Waals surface area contributed by atoms with Gasteiger partial charge in [-0.2, -0.15) is 0 Å². The van der Waals surface area contributed by atoms with Crippen molar-refractivity contribution < 1.29 is 4.84 Å². The van der Waals surface area contributed by atoms with Crippen LogP contribution in [0.5, 0.6) is 0 Å². The largest absolute Gasteiger partial charge is 0.272 e. The van der Waals surface area contributed by atoms with E-state index in [0.29, 0.717) is 0 Å². The Hall–Kier alpha value is -0.580. The molecule has 1 saturated heterocycles. The summed E-state index contributed by atoms with van der Waals surface area (Å²) < 4.78 is 0.853. The van der Waals surface area contributed by atoms with Gasteiger partial charge < -0.3 is 0 Å². The van der Waals surface area contributed by atoms with Crippen molar-refractivity contribution in [2.45, 2.75) is 25.5 Å². The van der Waals surface area contributed by atoms with Crippen molar-refractivity contribution in [2.24, 2.45) is 0 Å². The van der Waals surface area contributed by atoms with Crippen LogP contribution in [0, 0.1) is 6.92 Å². The van der Waals surface area contributed by atoms with Crippen LogP contribution in [-0.4, -0.2) is 22.5 Å². The van der Waals surface area contributed by atoms with Crippen molar-refractivity contribution in [3.05, 3.63) is 35.4 Å². The summed E-state index contributed by atoms with van der Waals surface area (Å²) in [5.74, 6) is 0.917. The first-order valence-electron chi connectivity index (χ1n) is 5.88. The topological polar surface area (TPSA) is 12.5 Å². The molecule has 0 amide bonds. The molecule has 92 valence electrons. The van der Waals surface area contributed by atoms with Gasteiger partial charge in [-0.3, -0.25) is 4.84 Å². The van der Waals surface area contributed by atoms with Crippen LogP contribution in [0.25, 0.3) is 0 Å². The third-order valence-electron chi connectivity index (χ3n) is 2.65. The van der Waals surface area contributed by atoms with Gasteiger partial charge in [0.1, 0.15) is 0 Å². The average molecular weight is 267 g/mol. The molecule has 1 aromatic carbocycles. The Morgan fingerprint density at radius 2 is 2.35 bits per heavy atom. The van der Waals surface area contributed by atoms with E-state index in [9.17, 15) is 0 Å². The first-order valence-corrected chi connectivity index (χ1v) is 7.28. The molecule has 2 rings (SSSR count). The van der Waals surface area contributed by atoms with Crippen molar-refractivity contribution in [3.63, 3.8) is 0 Å². The van der Waals surface area contributed by atoms with Crippen LogP contribution in [-0.2, 0) is 10.6 Å². The van der Waals surface area contributed by atoms with Crippen molar-refractivity contribution in [3.8, 4) is 0 Å². The van der Waals surface area contributed by atoms with Gasteiger partial charge >= 0.3 is 0 Å². The molecule has 0 unspecified atom stereocenters. The van der Waals surface area contributed by atoms with Crippen LogP contribution in [0.3, 0.4) is 0 Å². The van der Waals surface area contributed by atoms with Gasteiger partial charge in [0.15, 0.2) is 4.32 Å². The minimum Gasteiger partial charge on any atom is -0.272 e. The quantitative estimate of drug-likeness (QED) is 0.759. The van der Waals surface area contributed by atoms with Crippen LogP contribution in [0.4, 0.5) is 0 Å². The Balaban J connectivity index is 1.83. The molecular weight excluding hydrogens is 250 g/mol. The number of rotatable bonds is 2. The minimum atomic E-state index is 0.797. The lowest BCUT2D eigenvalue weighted by atomic mass is 10.2. The van der Waals surface area contributed by atoms with E-state index >= 15 is 0 Å². The fourth-order valence-electron chi connectivity index (χ4n) is 1.76. The Morgan fingerprint density at radius 1 is 1.47 bits per heavy atom. The average Bonchev–Trinajstić information content (AvgIpc) is 2.37. The van der Waals surface area contributed by atoms with E-state index in [4.69, 9.17) is 17.1 Å². The van der Waals surface area contributed by atoms with Gasteiger partial charge in [-0.15, -0.1) is 0 Å². The van der Waals surface area contributed by atoms with Gasteiger partial charge in [0, 0.05) is 12.3 Å². The van der Waals surface area contributed by atoms with Crippen molar-refractivity contribution in [1.29, 1.82) is 0 Å². The summed E-state index contributed by atoms with van der Waals surface area (Å²) in [6.07, 6.45) is 2.31. The Labute approximate surface area is 112 Å². The Morgan fingerprint density at radius 3 is 3.06 bits per heavy atom. The SMILES string of the molecule is Cc1cccc(CSC(=S)N2CCCCO2)c1. The second-order valence-corrected chi connectivity index (χ2v) is 5.80. The van der Waals surface area contributed by atoms with Crippen LogP contribution in [0.2, 0.25) is 0 Å². The predicted molar refractivity (Wildman–Crippen MR) is 77.0 cm³/mol. The van der Waals surface area contributed by atoms with Gasteiger partial charge in [-0.1, -0.05) is 53.8 Å². The second-order valence-electron chi connectivity index (χ2n) is 4.19. The number of thiocarbonyl (C=S) groups is 1. The third kappa shape index (κ3) is 3.98. The highest BCUT2D eigenvalue weighted by Crippen LogP contribution is 2.19. The zero-order chi connectivity index (χ0) is 12.1. The van der Waals surface area contributed by atoms with E-state index in [1.165, 1.54) is 17.5 Å². The molecule has 1 heterocycles. The molecule has 1 aromatic rings. The van der Waals surface area contributed by atoms with Gasteiger partial charge in [0.2, 0.25) is 0 Å². The zero-order valence-electron chi connectivity index (χ0n) is 10.0. The summed E-state index contributed by atoms with van der Waals surface area (Å²) in [4.78, 5) is 5.52. The highest BCUT2D eigenvalue weighted by atomic mass is 32.2. The smallest absolute Gasteiger partial charge is 0.160 e. The minimum absolute atomic E-state index is 0.797. The highest BCUT2D eigenvalue weighted by molar-refractivity contribution is 8.22. The van der Waals surface area contributed by atoms with Crippen molar-refractivity contribution in [2.75, 3.05) is 13.2 Å². The number of aryl methyl sites for hydroxylation is 1. The third-order valence-corrected chi connectivity index (χ3v) is 4.14. The second kappa shape index (κ2) is 6.38. The van der Waals surface area contributed by atoms with Crippen LogP contribution >= 0.6 is 24.0 Å². The molecule has 2 nitrogen and oxygen atoms in total. The lowest BCUT2D eigenvalue weighted by Crippen LogP contribution is -2.32. The highest BCUT2D eigenvalue weighted by Gasteiger charge is 2.14. The summed E-state index contributed by atoms with van der Waals surface area (Å²) in [5.41, 5.74) is 2.61. The first kappa shape index (κ1) is 12.9. The normalized spacial score (nSPS) is 15.9. The number of hydroxylamine groups is 2. The molecule has 0 spiro atoms. The number of nitrogens with zero attached hydrogens (tertiary/aromatic N) is 1. The van der Waals surface area contributed by atoms with E-state index in [1.54, 1.807) is 11.8 Å². The summed E-state index contributed by atoms with van der Waals surface area (Å²) in [6, 6.07) is 8.54. The van der Waals surface area contributed by atoms with Crippen LogP contribution in [0.1, 0.15) is 24.0 Å². The van der Waals surface area contributed by atoms with Gasteiger partial charge in [-0.05, 0) is 25.3 Å². The Kier molecular flexibility index (Phi) is 4.83. The standard InChI is InChI=1S/C13H17NOS2/c1-11-5-4-6-12(9-11)10-17-13(16)14-7-2-3-8-15-14/h4-6,9H,2-3,7-8,10H2,1H3. The molecule has 0 saturated carbocycles. The van der Waals surface area contributed by atoms with Gasteiger partial charge in [-0.25, -0.2) is 5.06 Å². The monoisotopic (exact) mass is 267 g/mol. The van der Waals surface area contributed by atoms with E-state index in [1.807, 2.05) is 5.06 Å². The van der Waals surface area contributed by atoms with E-state index < -0.39 is 0 Å². The fourth-order valence-corrected chi connectivity index (χ4v) is 2.84. The maximum Gasteiger partial charge on any atom is 0.160 e. The zero-order valence-corrected chi connectivity index (χ0v) is 11.6. The molecule has 17 heavy (non-hydrogen) atoms. The molecule has 0 aromatic heterocycles.